The highest BCUT2D eigenvalue weighted by Crippen LogP contribution is 2.42. The molecule has 22 heteroatoms. The summed E-state index contributed by atoms with van der Waals surface area (Å²) in [7, 11) is 10.5. The second-order valence-corrected chi connectivity index (χ2v) is 15.6. The van der Waals surface area contributed by atoms with Gasteiger partial charge in [0.15, 0.2) is 23.0 Å². The molecule has 2 aliphatic rings. The monoisotopic (exact) mass is 892 g/mol. The Balaban J connectivity index is 1.11. The van der Waals surface area contributed by atoms with Crippen molar-refractivity contribution in [3.05, 3.63) is 134 Å². The van der Waals surface area contributed by atoms with E-state index in [1.807, 2.05) is 0 Å². The Bertz CT molecular complexity index is 3530. The number of allylic oxidation sites excluding steroid dienone is 2. The van der Waals surface area contributed by atoms with E-state index in [2.05, 4.69) is 9.97 Å². The van der Waals surface area contributed by atoms with Gasteiger partial charge in [-0.3, -0.25) is 9.59 Å². The molecule has 22 nitrogen and oxygen atoms in total. The summed E-state index contributed by atoms with van der Waals surface area (Å²) in [6, 6.07) is 8.87. The summed E-state index contributed by atoms with van der Waals surface area (Å²) in [5.41, 5.74) is -0.743. The van der Waals surface area contributed by atoms with Crippen LogP contribution in [0.2, 0.25) is 0 Å². The predicted octanol–water partition coefficient (Wildman–Crippen LogP) is 0.449. The molecule has 0 bridgehead atoms. The minimum atomic E-state index is -1.06. The van der Waals surface area contributed by atoms with Crippen LogP contribution in [0.5, 0.6) is 34.5 Å². The van der Waals surface area contributed by atoms with Gasteiger partial charge in [0, 0.05) is 75.9 Å². The second-order valence-electron chi connectivity index (χ2n) is 15.6. The van der Waals surface area contributed by atoms with E-state index >= 15 is 0 Å². The minimum Gasteiger partial charge on any atom is -0.508 e. The summed E-state index contributed by atoms with van der Waals surface area (Å²) in [6.45, 7) is -0.747. The van der Waals surface area contributed by atoms with E-state index in [-0.39, 0.29) is 61.9 Å². The van der Waals surface area contributed by atoms with Crippen LogP contribution in [-0.4, -0.2) is 87.6 Å². The number of phenols is 1. The predicted molar refractivity (Wildman–Crippen MR) is 233 cm³/mol. The first-order chi connectivity index (χ1) is 31.2. The fourth-order valence-corrected chi connectivity index (χ4v) is 9.02. The zero-order chi connectivity index (χ0) is 46.2. The standard InChI is InChI=1S/C43H44N10O12/c1-46-29-19-35(64-6)33(62-4)17-27(29)44-25(38(46)55)11-13-48-40(57)50-15-10-23-31(52(50)42(48)59)21-51-41(58)49(43(60)53(51)37(23)24-9-8-22(54)16-32(24)61-3)14-12-26-39(56)47(2)30-20-36(65-7)34(63-5)18-28(30)45-26/h8-10,16-20,31,37,54H,11-15,21H2,1-7H3. The maximum absolute atomic E-state index is 14.6. The number of hydrogen-bond acceptors (Lipinski definition) is 14. The quantitative estimate of drug-likeness (QED) is 0.164. The molecule has 3 aromatic carbocycles. The smallest absolute Gasteiger partial charge is 0.348 e. The Kier molecular flexibility index (Phi) is 10.4. The van der Waals surface area contributed by atoms with Crippen LogP contribution in [0.15, 0.2) is 82.9 Å². The van der Waals surface area contributed by atoms with Crippen LogP contribution in [0, 0.1) is 0 Å². The third kappa shape index (κ3) is 6.53. The molecule has 6 heterocycles. The number of fused-ring (bicyclic) bond motifs is 6. The molecule has 65 heavy (non-hydrogen) atoms. The summed E-state index contributed by atoms with van der Waals surface area (Å²) in [5.74, 6) is 1.70. The average molecular weight is 893 g/mol. The molecule has 1 N–H and O–H groups in total. The molecule has 4 aromatic heterocycles. The largest absolute Gasteiger partial charge is 0.508 e. The average Bonchev–Trinajstić information content (AvgIpc) is 3.70. The summed E-state index contributed by atoms with van der Waals surface area (Å²) >= 11 is 0. The zero-order valence-corrected chi connectivity index (χ0v) is 36.4. The van der Waals surface area contributed by atoms with Crippen molar-refractivity contribution in [3.8, 4) is 34.5 Å². The van der Waals surface area contributed by atoms with E-state index in [4.69, 9.17) is 23.7 Å². The van der Waals surface area contributed by atoms with Gasteiger partial charge < -0.3 is 37.9 Å². The van der Waals surface area contributed by atoms with Crippen molar-refractivity contribution >= 4 is 22.1 Å². The SMILES string of the molecule is COc1cc2nc(CCn3c(=O)n4n(c3=O)C3Cn5c(=O)n(CCc6nc7cc(OC)c(OC)cc7n(C)c6=O)c(=O)n5C(c5ccc(O)cc5OC)C3=CC4)c(=O)n(C)c2cc1OC. The third-order valence-corrected chi connectivity index (χ3v) is 12.3. The van der Waals surface area contributed by atoms with Crippen LogP contribution in [0.25, 0.3) is 22.1 Å². The van der Waals surface area contributed by atoms with Gasteiger partial charge in [-0.05, 0) is 17.7 Å². The number of phenolic OH excluding ortho intramolecular Hbond substituents is 1. The van der Waals surface area contributed by atoms with Crippen LogP contribution >= 0.6 is 0 Å². The highest BCUT2D eigenvalue weighted by molar-refractivity contribution is 5.80. The lowest BCUT2D eigenvalue weighted by molar-refractivity contribution is 0.243. The van der Waals surface area contributed by atoms with E-state index in [9.17, 15) is 33.9 Å². The molecule has 0 saturated carbocycles. The molecule has 338 valence electrons. The molecule has 2 aliphatic heterocycles. The number of ether oxygens (including phenoxy) is 5. The molecule has 0 spiro atoms. The molecule has 0 amide bonds. The lowest BCUT2D eigenvalue weighted by atomic mass is 9.89. The Labute approximate surface area is 366 Å². The normalized spacial score (nSPS) is 15.3. The second kappa shape index (κ2) is 15.9. The van der Waals surface area contributed by atoms with E-state index < -0.39 is 46.0 Å². The molecule has 0 fully saturated rings. The van der Waals surface area contributed by atoms with E-state index in [0.29, 0.717) is 56.2 Å². The maximum atomic E-state index is 14.6. The molecule has 0 aliphatic carbocycles. The Morgan fingerprint density at radius 1 is 0.600 bits per heavy atom. The van der Waals surface area contributed by atoms with Crippen molar-refractivity contribution in [2.75, 3.05) is 35.5 Å². The molecule has 9 rings (SSSR count). The van der Waals surface area contributed by atoms with Gasteiger partial charge in [-0.15, -0.1) is 0 Å². The fourth-order valence-electron chi connectivity index (χ4n) is 9.02. The van der Waals surface area contributed by atoms with Crippen LogP contribution in [0.3, 0.4) is 0 Å². The number of aromatic hydroxyl groups is 1. The summed E-state index contributed by atoms with van der Waals surface area (Å²) in [5, 5.41) is 10.4. The van der Waals surface area contributed by atoms with Crippen LogP contribution < -0.4 is 57.6 Å². The van der Waals surface area contributed by atoms with Crippen molar-refractivity contribution in [2.24, 2.45) is 14.1 Å². The number of nitrogens with zero attached hydrogens (tertiary/aromatic N) is 10. The van der Waals surface area contributed by atoms with Gasteiger partial charge in [-0.2, -0.15) is 0 Å². The molecule has 0 radical (unpaired) electrons. The highest BCUT2D eigenvalue weighted by atomic mass is 16.5. The Hall–Kier alpha value is -8.04. The molecule has 7 aromatic rings. The minimum absolute atomic E-state index is 0.0747. The number of benzene rings is 3. The molecular weight excluding hydrogens is 849 g/mol. The lowest BCUT2D eigenvalue weighted by Crippen LogP contribution is -2.47. The van der Waals surface area contributed by atoms with E-state index in [0.717, 1.165) is 9.13 Å². The number of rotatable bonds is 12. The summed E-state index contributed by atoms with van der Waals surface area (Å²) in [6.07, 6.45) is 1.56. The molecular formula is C43H44N10O12. The van der Waals surface area contributed by atoms with Crippen molar-refractivity contribution in [2.45, 2.75) is 51.1 Å². The fraction of sp³-hybridized carbons (Fsp3) is 0.349. The van der Waals surface area contributed by atoms with Gasteiger partial charge in [0.25, 0.3) is 11.1 Å². The number of aromatic nitrogens is 10. The first-order valence-corrected chi connectivity index (χ1v) is 20.4. The van der Waals surface area contributed by atoms with Gasteiger partial charge in [0.05, 0.1) is 76.7 Å². The van der Waals surface area contributed by atoms with Crippen molar-refractivity contribution < 1.29 is 28.8 Å². The van der Waals surface area contributed by atoms with Crippen molar-refractivity contribution in [1.82, 2.24) is 47.0 Å². The first kappa shape index (κ1) is 42.3. The Morgan fingerprint density at radius 2 is 1.08 bits per heavy atom. The summed E-state index contributed by atoms with van der Waals surface area (Å²) in [4.78, 5) is 93.8. The summed E-state index contributed by atoms with van der Waals surface area (Å²) < 4.78 is 37.2. The maximum Gasteiger partial charge on any atom is 0.348 e. The lowest BCUT2D eigenvalue weighted by Gasteiger charge is -2.38. The Morgan fingerprint density at radius 3 is 1.58 bits per heavy atom. The number of aryl methyl sites for hydroxylation is 4. The number of methoxy groups -OCH3 is 5. The van der Waals surface area contributed by atoms with Gasteiger partial charge in [0.2, 0.25) is 0 Å². The number of hydrogen-bond donors (Lipinski definition) is 1. The van der Waals surface area contributed by atoms with Crippen molar-refractivity contribution in [1.29, 1.82) is 0 Å². The van der Waals surface area contributed by atoms with Crippen LogP contribution in [0.4, 0.5) is 0 Å². The van der Waals surface area contributed by atoms with E-state index in [1.54, 1.807) is 50.5 Å². The van der Waals surface area contributed by atoms with Crippen LogP contribution in [-0.2, 0) is 53.1 Å². The highest BCUT2D eigenvalue weighted by Gasteiger charge is 2.42. The molecule has 0 saturated heterocycles. The third-order valence-electron chi connectivity index (χ3n) is 12.3. The first-order valence-electron chi connectivity index (χ1n) is 20.4. The topological polar surface area (TPSA) is 234 Å². The molecule has 2 atom stereocenters. The van der Waals surface area contributed by atoms with E-state index in [1.165, 1.54) is 75.5 Å². The zero-order valence-electron chi connectivity index (χ0n) is 36.4. The van der Waals surface area contributed by atoms with Crippen molar-refractivity contribution in [3.63, 3.8) is 0 Å². The molecule has 2 unspecified atom stereocenters. The van der Waals surface area contributed by atoms with Gasteiger partial charge in [-0.25, -0.2) is 57.0 Å². The van der Waals surface area contributed by atoms with Gasteiger partial charge >= 0.3 is 22.8 Å². The van der Waals surface area contributed by atoms with Gasteiger partial charge in [0.1, 0.15) is 28.9 Å². The van der Waals surface area contributed by atoms with Crippen LogP contribution in [0.1, 0.15) is 29.0 Å². The van der Waals surface area contributed by atoms with Gasteiger partial charge in [-0.1, -0.05) is 6.08 Å².